The maximum Gasteiger partial charge on any atom is 0.401 e. The van der Waals surface area contributed by atoms with Crippen molar-refractivity contribution >= 4 is 28.3 Å². The lowest BCUT2D eigenvalue weighted by Crippen LogP contribution is -2.39. The molecule has 112 valence electrons. The fourth-order valence-electron chi connectivity index (χ4n) is 1.76. The van der Waals surface area contributed by atoms with E-state index in [1.165, 1.54) is 18.3 Å². The van der Waals surface area contributed by atoms with Crippen LogP contribution in [0.1, 0.15) is 0 Å². The van der Waals surface area contributed by atoms with Crippen molar-refractivity contribution in [2.24, 2.45) is 11.7 Å². The molecule has 0 fully saturated rings. The lowest BCUT2D eigenvalue weighted by atomic mass is 10.1. The number of rotatable bonds is 4. The molecule has 0 amide bonds. The van der Waals surface area contributed by atoms with Gasteiger partial charge in [-0.2, -0.15) is 13.2 Å². The summed E-state index contributed by atoms with van der Waals surface area (Å²) in [5.74, 6) is -2.99. The van der Waals surface area contributed by atoms with Gasteiger partial charge in [-0.05, 0) is 24.3 Å². The third kappa shape index (κ3) is 3.36. The molecule has 0 aliphatic heterocycles. The lowest BCUT2D eigenvalue weighted by Gasteiger charge is -2.19. The first-order valence-corrected chi connectivity index (χ1v) is 6.25. The van der Waals surface area contributed by atoms with Crippen LogP contribution in [0.4, 0.5) is 13.2 Å². The highest BCUT2D eigenvalue weighted by Crippen LogP contribution is 2.31. The van der Waals surface area contributed by atoms with Crippen LogP contribution in [0.25, 0.3) is 10.9 Å². The smallest absolute Gasteiger partial charge is 0.401 e. The molecule has 1 aromatic carbocycles. The second-order valence-electron chi connectivity index (χ2n) is 4.31. The molecule has 0 aliphatic rings. The van der Waals surface area contributed by atoms with Crippen LogP contribution in [0.3, 0.4) is 0 Å². The molecule has 0 bridgehead atoms. The molecule has 0 saturated heterocycles. The number of ether oxygens (including phenoxy) is 1. The Morgan fingerprint density at radius 3 is 2.71 bits per heavy atom. The molecule has 1 unspecified atom stereocenters. The quantitative estimate of drug-likeness (QED) is 0.670. The van der Waals surface area contributed by atoms with Gasteiger partial charge in [0.05, 0.1) is 5.02 Å². The van der Waals surface area contributed by atoms with E-state index >= 15 is 0 Å². The van der Waals surface area contributed by atoms with Crippen molar-refractivity contribution in [1.82, 2.24) is 4.98 Å². The Balaban J connectivity index is 2.28. The summed E-state index contributed by atoms with van der Waals surface area (Å²) in [4.78, 5) is 4.05. The molecule has 0 radical (unpaired) electrons. The van der Waals surface area contributed by atoms with Gasteiger partial charge in [-0.1, -0.05) is 11.6 Å². The molecule has 8 heteroatoms. The fourth-order valence-corrected chi connectivity index (χ4v) is 1.98. The molecule has 1 heterocycles. The molecule has 0 saturated carbocycles. The number of benzene rings is 1. The maximum absolute atomic E-state index is 12.7. The molecule has 2 rings (SSSR count). The molecule has 2 aromatic rings. The van der Waals surface area contributed by atoms with E-state index in [0.717, 1.165) is 0 Å². The van der Waals surface area contributed by atoms with Gasteiger partial charge in [0.2, 0.25) is 0 Å². The van der Waals surface area contributed by atoms with Crippen LogP contribution < -0.4 is 10.5 Å². The molecule has 4 nitrogen and oxygen atoms in total. The molecule has 0 aliphatic carbocycles. The van der Waals surface area contributed by atoms with E-state index in [1.807, 2.05) is 0 Å². The Morgan fingerprint density at radius 1 is 1.38 bits per heavy atom. The zero-order chi connectivity index (χ0) is 15.6. The number of alkyl halides is 3. The molecular formula is C13H11ClF3N3O. The van der Waals surface area contributed by atoms with Crippen molar-refractivity contribution in [2.45, 2.75) is 6.18 Å². The van der Waals surface area contributed by atoms with Gasteiger partial charge < -0.3 is 10.5 Å². The van der Waals surface area contributed by atoms with Crippen LogP contribution in [0.15, 0.2) is 30.5 Å². The minimum absolute atomic E-state index is 0.158. The lowest BCUT2D eigenvalue weighted by molar-refractivity contribution is -0.161. The van der Waals surface area contributed by atoms with E-state index in [9.17, 15) is 13.2 Å². The zero-order valence-electron chi connectivity index (χ0n) is 10.6. The normalized spacial score (nSPS) is 13.1. The third-order valence-corrected chi connectivity index (χ3v) is 3.19. The number of halogens is 4. The summed E-state index contributed by atoms with van der Waals surface area (Å²) in [6, 6.07) is 6.29. The highest BCUT2D eigenvalue weighted by Gasteiger charge is 2.42. The number of nitrogens with two attached hydrogens (primary N) is 1. The van der Waals surface area contributed by atoms with Crippen molar-refractivity contribution in [3.63, 3.8) is 0 Å². The number of hydrogen-bond donors (Lipinski definition) is 2. The van der Waals surface area contributed by atoms with Gasteiger partial charge >= 0.3 is 6.18 Å². The minimum Gasteiger partial charge on any atom is -0.490 e. The first kappa shape index (κ1) is 15.4. The van der Waals surface area contributed by atoms with E-state index in [1.54, 1.807) is 12.1 Å². The van der Waals surface area contributed by atoms with Crippen molar-refractivity contribution in [3.8, 4) is 5.75 Å². The van der Waals surface area contributed by atoms with E-state index in [2.05, 4.69) is 4.98 Å². The Morgan fingerprint density at radius 2 is 2.10 bits per heavy atom. The van der Waals surface area contributed by atoms with Gasteiger partial charge in [-0.3, -0.25) is 10.4 Å². The summed E-state index contributed by atoms with van der Waals surface area (Å²) in [6.45, 7) is -0.786. The summed E-state index contributed by atoms with van der Waals surface area (Å²) in [5, 5.41) is 8.00. The Hall–Kier alpha value is -2.02. The largest absolute Gasteiger partial charge is 0.490 e. The van der Waals surface area contributed by atoms with Crippen LogP contribution in [0.5, 0.6) is 5.75 Å². The molecule has 0 spiro atoms. The summed E-state index contributed by atoms with van der Waals surface area (Å²) in [6.07, 6.45) is -3.15. The third-order valence-electron chi connectivity index (χ3n) is 2.86. The van der Waals surface area contributed by atoms with Gasteiger partial charge in [0.25, 0.3) is 0 Å². The summed E-state index contributed by atoms with van der Waals surface area (Å²) >= 11 is 5.99. The highest BCUT2D eigenvalue weighted by molar-refractivity contribution is 6.35. The van der Waals surface area contributed by atoms with E-state index in [0.29, 0.717) is 15.9 Å². The number of hydrogen-bond acceptors (Lipinski definition) is 3. The molecule has 1 aromatic heterocycles. The zero-order valence-corrected chi connectivity index (χ0v) is 11.4. The average molecular weight is 318 g/mol. The molecule has 21 heavy (non-hydrogen) atoms. The Kier molecular flexibility index (Phi) is 4.22. The molecule has 1 atom stereocenters. The van der Waals surface area contributed by atoms with Gasteiger partial charge in [-0.15, -0.1) is 0 Å². The topological polar surface area (TPSA) is 72.0 Å². The summed E-state index contributed by atoms with van der Waals surface area (Å²) < 4.78 is 43.3. The SMILES string of the molecule is N=C(N)C(COc1ccc(Cl)c2cccnc12)C(F)(F)F. The molecule has 3 N–H and O–H groups in total. The summed E-state index contributed by atoms with van der Waals surface area (Å²) in [7, 11) is 0. The van der Waals surface area contributed by atoms with Gasteiger partial charge in [0.1, 0.15) is 29.6 Å². The molecular weight excluding hydrogens is 307 g/mol. The standard InChI is InChI=1S/C13H11ClF3N3O/c14-9-3-4-10(11-7(9)2-1-5-20-11)21-6-8(12(18)19)13(15,16)17/h1-5,8H,6H2,(H3,18,19). The van der Waals surface area contributed by atoms with E-state index < -0.39 is 24.5 Å². The predicted octanol–water partition coefficient (Wildman–Crippen LogP) is 3.38. The number of amidine groups is 1. The van der Waals surface area contributed by atoms with Crippen molar-refractivity contribution < 1.29 is 17.9 Å². The average Bonchev–Trinajstić information content (AvgIpc) is 2.40. The number of aromatic nitrogens is 1. The van der Waals surface area contributed by atoms with Crippen molar-refractivity contribution in [1.29, 1.82) is 5.41 Å². The van der Waals surface area contributed by atoms with Crippen LogP contribution in [0.2, 0.25) is 5.02 Å². The number of nitrogens with zero attached hydrogens (tertiary/aromatic N) is 1. The fraction of sp³-hybridized carbons (Fsp3) is 0.231. The first-order chi connectivity index (χ1) is 9.80. The maximum atomic E-state index is 12.7. The van der Waals surface area contributed by atoms with Crippen LogP contribution in [-0.4, -0.2) is 23.6 Å². The van der Waals surface area contributed by atoms with Gasteiger partial charge in [0.15, 0.2) is 0 Å². The summed E-state index contributed by atoms with van der Waals surface area (Å²) in [5.41, 5.74) is 5.33. The van der Waals surface area contributed by atoms with E-state index in [4.69, 9.17) is 27.5 Å². The van der Waals surface area contributed by atoms with Crippen LogP contribution in [-0.2, 0) is 0 Å². The van der Waals surface area contributed by atoms with Crippen molar-refractivity contribution in [3.05, 3.63) is 35.5 Å². The predicted molar refractivity (Wildman–Crippen MR) is 73.7 cm³/mol. The number of nitrogens with one attached hydrogen (secondary N) is 1. The Bertz CT molecular complexity index is 675. The van der Waals surface area contributed by atoms with Crippen LogP contribution in [0, 0.1) is 11.3 Å². The van der Waals surface area contributed by atoms with E-state index in [-0.39, 0.29) is 5.75 Å². The highest BCUT2D eigenvalue weighted by atomic mass is 35.5. The second kappa shape index (κ2) is 5.77. The van der Waals surface area contributed by atoms with Crippen LogP contribution >= 0.6 is 11.6 Å². The van der Waals surface area contributed by atoms with Gasteiger partial charge in [0, 0.05) is 11.6 Å². The number of pyridine rings is 1. The first-order valence-electron chi connectivity index (χ1n) is 5.87. The second-order valence-corrected chi connectivity index (χ2v) is 4.71. The minimum atomic E-state index is -4.64. The van der Waals surface area contributed by atoms with Crippen molar-refractivity contribution in [2.75, 3.05) is 6.61 Å². The van der Waals surface area contributed by atoms with Gasteiger partial charge in [-0.25, -0.2) is 0 Å². The monoisotopic (exact) mass is 317 g/mol. The Labute approximate surface area is 123 Å². The number of fused-ring (bicyclic) bond motifs is 1.